The summed E-state index contributed by atoms with van der Waals surface area (Å²) in [6.45, 7) is 11.4. The molecular formula is C19H38IN7S. The number of nitrogens with one attached hydrogen (secondary N) is 2. The molecular weight excluding hydrogens is 485 g/mol. The van der Waals surface area contributed by atoms with Crippen LogP contribution in [0.2, 0.25) is 0 Å². The van der Waals surface area contributed by atoms with E-state index in [1.807, 2.05) is 30.3 Å². The third-order valence-electron chi connectivity index (χ3n) is 4.98. The predicted molar refractivity (Wildman–Crippen MR) is 131 cm³/mol. The summed E-state index contributed by atoms with van der Waals surface area (Å²) in [5.74, 6) is 4.56. The van der Waals surface area contributed by atoms with Crippen LogP contribution in [-0.4, -0.2) is 69.9 Å². The molecule has 1 aliphatic rings. The number of aromatic nitrogens is 3. The monoisotopic (exact) mass is 523 g/mol. The van der Waals surface area contributed by atoms with E-state index in [1.165, 1.54) is 25.9 Å². The summed E-state index contributed by atoms with van der Waals surface area (Å²) in [4.78, 5) is 7.38. The van der Waals surface area contributed by atoms with Crippen LogP contribution >= 0.6 is 35.7 Å². The van der Waals surface area contributed by atoms with Crippen LogP contribution < -0.4 is 10.6 Å². The third kappa shape index (κ3) is 8.44. The lowest BCUT2D eigenvalue weighted by Crippen LogP contribution is -2.46. The molecule has 0 saturated carbocycles. The zero-order valence-electron chi connectivity index (χ0n) is 18.1. The van der Waals surface area contributed by atoms with Crippen molar-refractivity contribution in [3.05, 3.63) is 11.6 Å². The Bertz CT molecular complexity index is 591. The molecule has 1 aromatic heterocycles. The van der Waals surface area contributed by atoms with E-state index >= 15 is 0 Å². The van der Waals surface area contributed by atoms with Gasteiger partial charge in [-0.3, -0.25) is 4.90 Å². The van der Waals surface area contributed by atoms with Crippen LogP contribution in [0.3, 0.4) is 0 Å². The van der Waals surface area contributed by atoms with Gasteiger partial charge in [-0.25, -0.2) is 4.99 Å². The second-order valence-electron chi connectivity index (χ2n) is 7.73. The van der Waals surface area contributed by atoms with Gasteiger partial charge < -0.3 is 15.2 Å². The summed E-state index contributed by atoms with van der Waals surface area (Å²) < 4.78 is 2.00. The van der Waals surface area contributed by atoms with E-state index in [-0.39, 0.29) is 24.0 Å². The zero-order chi connectivity index (χ0) is 19.6. The smallest absolute Gasteiger partial charge is 0.191 e. The highest BCUT2D eigenvalue weighted by Gasteiger charge is 2.24. The number of guanidine groups is 1. The highest BCUT2D eigenvalue weighted by atomic mass is 127. The van der Waals surface area contributed by atoms with Gasteiger partial charge in [-0.2, -0.15) is 11.8 Å². The van der Waals surface area contributed by atoms with Crippen LogP contribution in [0.1, 0.15) is 44.8 Å². The second kappa shape index (κ2) is 13.6. The molecule has 2 rings (SSSR count). The Morgan fingerprint density at radius 2 is 2.11 bits per heavy atom. The molecule has 0 amide bonds. The standard InChI is InChI=1S/C19H37N7S.HI/c1-15(2)14-26-10-6-8-17(26)12-21-19(20-9-7-11-27-5)22-13-18-24-23-16(3)25(18)4;/h15,17H,6-14H2,1-5H3,(H2,20,21,22);1H/t17-;/m1./s1. The first-order valence-corrected chi connectivity index (χ1v) is 11.5. The van der Waals surface area contributed by atoms with Crippen molar-refractivity contribution in [2.45, 2.75) is 52.6 Å². The summed E-state index contributed by atoms with van der Waals surface area (Å²) in [6, 6.07) is 0.600. The normalized spacial score (nSPS) is 17.8. The maximum atomic E-state index is 4.76. The van der Waals surface area contributed by atoms with Crippen molar-refractivity contribution in [1.82, 2.24) is 30.3 Å². The Morgan fingerprint density at radius 3 is 2.75 bits per heavy atom. The summed E-state index contributed by atoms with van der Waals surface area (Å²) in [7, 11) is 1.99. The van der Waals surface area contributed by atoms with E-state index in [0.717, 1.165) is 42.9 Å². The van der Waals surface area contributed by atoms with Gasteiger partial charge in [0.25, 0.3) is 0 Å². The van der Waals surface area contributed by atoms with Crippen molar-refractivity contribution in [2.75, 3.05) is 38.2 Å². The molecule has 0 bridgehead atoms. The fourth-order valence-electron chi connectivity index (χ4n) is 3.39. The number of halogens is 1. The molecule has 0 unspecified atom stereocenters. The maximum absolute atomic E-state index is 4.76. The third-order valence-corrected chi connectivity index (χ3v) is 5.68. The van der Waals surface area contributed by atoms with Crippen LogP contribution in [-0.2, 0) is 13.6 Å². The fraction of sp³-hybridized carbons (Fsp3) is 0.842. The molecule has 0 aliphatic carbocycles. The SMILES string of the molecule is CSCCCNC(=NCc1nnc(C)n1C)NC[C@H]1CCCN1CC(C)C.I. The second-order valence-corrected chi connectivity index (χ2v) is 8.71. The molecule has 1 saturated heterocycles. The Hall–Kier alpha value is -0.550. The quantitative estimate of drug-likeness (QED) is 0.213. The number of hydrogen-bond donors (Lipinski definition) is 2. The lowest BCUT2D eigenvalue weighted by atomic mass is 10.1. The maximum Gasteiger partial charge on any atom is 0.191 e. The summed E-state index contributed by atoms with van der Waals surface area (Å²) in [5.41, 5.74) is 0. The summed E-state index contributed by atoms with van der Waals surface area (Å²) >= 11 is 1.88. The molecule has 0 aromatic carbocycles. The molecule has 2 heterocycles. The van der Waals surface area contributed by atoms with E-state index < -0.39 is 0 Å². The van der Waals surface area contributed by atoms with Crippen molar-refractivity contribution in [3.63, 3.8) is 0 Å². The van der Waals surface area contributed by atoms with Crippen molar-refractivity contribution >= 4 is 41.7 Å². The molecule has 1 atom stereocenters. The van der Waals surface area contributed by atoms with Gasteiger partial charge in [0.15, 0.2) is 11.8 Å². The van der Waals surface area contributed by atoms with E-state index in [2.05, 4.69) is 45.8 Å². The Morgan fingerprint density at radius 1 is 1.32 bits per heavy atom. The first-order chi connectivity index (χ1) is 13.0. The highest BCUT2D eigenvalue weighted by Crippen LogP contribution is 2.17. The van der Waals surface area contributed by atoms with Crippen molar-refractivity contribution in [2.24, 2.45) is 18.0 Å². The average Bonchev–Trinajstić information content (AvgIpc) is 3.20. The lowest BCUT2D eigenvalue weighted by Gasteiger charge is -2.27. The molecule has 9 heteroatoms. The predicted octanol–water partition coefficient (Wildman–Crippen LogP) is 2.65. The summed E-state index contributed by atoms with van der Waals surface area (Å²) in [5, 5.41) is 15.4. The van der Waals surface area contributed by atoms with Crippen molar-refractivity contribution in [3.8, 4) is 0 Å². The molecule has 2 N–H and O–H groups in total. The van der Waals surface area contributed by atoms with Crippen LogP contribution in [0.25, 0.3) is 0 Å². The first-order valence-electron chi connectivity index (χ1n) is 10.1. The van der Waals surface area contributed by atoms with Crippen LogP contribution in [0, 0.1) is 12.8 Å². The first kappa shape index (κ1) is 25.5. The number of nitrogens with zero attached hydrogens (tertiary/aromatic N) is 5. The minimum Gasteiger partial charge on any atom is -0.356 e. The van der Waals surface area contributed by atoms with Gasteiger partial charge in [0.2, 0.25) is 0 Å². The Kier molecular flexibility index (Phi) is 12.4. The van der Waals surface area contributed by atoms with Gasteiger partial charge in [-0.05, 0) is 50.7 Å². The van der Waals surface area contributed by atoms with Crippen LogP contribution in [0.15, 0.2) is 4.99 Å². The van der Waals surface area contributed by atoms with Gasteiger partial charge in [0.05, 0.1) is 0 Å². The average molecular weight is 524 g/mol. The zero-order valence-corrected chi connectivity index (χ0v) is 21.2. The molecule has 1 aliphatic heterocycles. The molecule has 28 heavy (non-hydrogen) atoms. The van der Waals surface area contributed by atoms with Crippen molar-refractivity contribution < 1.29 is 0 Å². The largest absolute Gasteiger partial charge is 0.356 e. The van der Waals surface area contributed by atoms with Gasteiger partial charge >= 0.3 is 0 Å². The lowest BCUT2D eigenvalue weighted by molar-refractivity contribution is 0.226. The van der Waals surface area contributed by atoms with Gasteiger partial charge in [-0.15, -0.1) is 34.2 Å². The molecule has 0 spiro atoms. The molecule has 1 fully saturated rings. The van der Waals surface area contributed by atoms with E-state index in [0.29, 0.717) is 18.5 Å². The number of thioether (sulfide) groups is 1. The molecule has 1 aromatic rings. The van der Waals surface area contributed by atoms with Crippen LogP contribution in [0.4, 0.5) is 0 Å². The number of hydrogen-bond acceptors (Lipinski definition) is 5. The number of aliphatic imine (C=N–C) groups is 1. The fourth-order valence-corrected chi connectivity index (χ4v) is 3.82. The molecule has 7 nitrogen and oxygen atoms in total. The van der Waals surface area contributed by atoms with Gasteiger partial charge in [0, 0.05) is 32.7 Å². The topological polar surface area (TPSA) is 70.4 Å². The Labute approximate surface area is 191 Å². The molecule has 0 radical (unpaired) electrons. The van der Waals surface area contributed by atoms with E-state index in [4.69, 9.17) is 4.99 Å². The van der Waals surface area contributed by atoms with Gasteiger partial charge in [0.1, 0.15) is 12.4 Å². The van der Waals surface area contributed by atoms with Gasteiger partial charge in [-0.1, -0.05) is 13.8 Å². The van der Waals surface area contributed by atoms with Crippen molar-refractivity contribution in [1.29, 1.82) is 0 Å². The van der Waals surface area contributed by atoms with E-state index in [1.54, 1.807) is 0 Å². The van der Waals surface area contributed by atoms with E-state index in [9.17, 15) is 0 Å². The highest BCUT2D eigenvalue weighted by molar-refractivity contribution is 14.0. The number of rotatable bonds is 10. The Balaban J connectivity index is 0.00000392. The number of likely N-dealkylation sites (tertiary alicyclic amines) is 1. The minimum atomic E-state index is 0. The summed E-state index contributed by atoms with van der Waals surface area (Å²) in [6.07, 6.45) is 5.84. The van der Waals surface area contributed by atoms with Crippen LogP contribution in [0.5, 0.6) is 0 Å². The minimum absolute atomic E-state index is 0. The molecule has 162 valence electrons. The number of aryl methyl sites for hydroxylation is 1.